The molecule has 7 rings (SSSR count). The second kappa shape index (κ2) is 6.60. The van der Waals surface area contributed by atoms with E-state index in [4.69, 9.17) is 4.42 Å². The minimum Gasteiger partial charge on any atom is -0.455 e. The third kappa shape index (κ3) is 2.35. The molecule has 0 amide bonds. The summed E-state index contributed by atoms with van der Waals surface area (Å²) < 4.78 is 8.74. The van der Waals surface area contributed by atoms with Crippen molar-refractivity contribution in [1.82, 2.24) is 4.57 Å². The molecule has 7 aromatic rings. The summed E-state index contributed by atoms with van der Waals surface area (Å²) in [6.07, 6.45) is 0. The van der Waals surface area contributed by atoms with Crippen molar-refractivity contribution >= 4 is 43.7 Å². The topological polar surface area (TPSA) is 18.1 Å². The maximum atomic E-state index is 6.38. The zero-order valence-corrected chi connectivity index (χ0v) is 17.3. The van der Waals surface area contributed by atoms with Gasteiger partial charge in [0.25, 0.3) is 0 Å². The number of hydrogen-bond donors (Lipinski definition) is 0. The summed E-state index contributed by atoms with van der Waals surface area (Å²) >= 11 is 0. The van der Waals surface area contributed by atoms with E-state index in [2.05, 4.69) is 108 Å². The van der Waals surface area contributed by atoms with Crippen LogP contribution in [0.25, 0.3) is 60.6 Å². The fraction of sp³-hybridized carbons (Fsp3) is 0. The van der Waals surface area contributed by atoms with Gasteiger partial charge in [0.1, 0.15) is 11.2 Å². The Labute approximate surface area is 184 Å². The number of furan rings is 1. The molecule has 2 nitrogen and oxygen atoms in total. The molecule has 2 aromatic heterocycles. The van der Waals surface area contributed by atoms with Crippen LogP contribution in [0.4, 0.5) is 0 Å². The van der Waals surface area contributed by atoms with E-state index in [0.717, 1.165) is 33.2 Å². The first-order chi connectivity index (χ1) is 15.9. The molecule has 0 saturated heterocycles. The van der Waals surface area contributed by atoms with Crippen LogP contribution in [0.3, 0.4) is 0 Å². The van der Waals surface area contributed by atoms with Crippen LogP contribution in [-0.4, -0.2) is 4.57 Å². The molecule has 0 radical (unpaired) electrons. The first-order valence-electron chi connectivity index (χ1n) is 10.9. The van der Waals surface area contributed by atoms with Gasteiger partial charge in [-0.3, -0.25) is 0 Å². The predicted molar refractivity (Wildman–Crippen MR) is 133 cm³/mol. The maximum Gasteiger partial charge on any atom is 0.143 e. The zero-order chi connectivity index (χ0) is 21.1. The van der Waals surface area contributed by atoms with Crippen molar-refractivity contribution in [1.29, 1.82) is 0 Å². The van der Waals surface area contributed by atoms with Crippen molar-refractivity contribution in [2.24, 2.45) is 0 Å². The van der Waals surface area contributed by atoms with Crippen LogP contribution in [-0.2, 0) is 0 Å². The van der Waals surface area contributed by atoms with Crippen molar-refractivity contribution < 1.29 is 4.42 Å². The molecule has 0 saturated carbocycles. The number of nitrogens with zero attached hydrogens (tertiary/aromatic N) is 1. The minimum atomic E-state index is 0.925. The highest BCUT2D eigenvalue weighted by Gasteiger charge is 2.18. The molecule has 0 aliphatic rings. The molecule has 0 aliphatic carbocycles. The zero-order valence-electron chi connectivity index (χ0n) is 17.3. The van der Waals surface area contributed by atoms with Gasteiger partial charge in [-0.2, -0.15) is 0 Å². The summed E-state index contributed by atoms with van der Waals surface area (Å²) in [5.74, 6) is 0. The largest absolute Gasteiger partial charge is 0.455 e. The number of para-hydroxylation sites is 4. The monoisotopic (exact) mass is 409 g/mol. The van der Waals surface area contributed by atoms with Gasteiger partial charge in [0.05, 0.1) is 11.0 Å². The van der Waals surface area contributed by atoms with E-state index in [-0.39, 0.29) is 0 Å². The summed E-state index contributed by atoms with van der Waals surface area (Å²) in [6.45, 7) is 0. The Balaban J connectivity index is 1.64. The fourth-order valence-electron chi connectivity index (χ4n) is 5.06. The summed E-state index contributed by atoms with van der Waals surface area (Å²) in [6, 6.07) is 40.5. The lowest BCUT2D eigenvalue weighted by molar-refractivity contribution is 0.670. The number of fused-ring (bicyclic) bond motifs is 6. The van der Waals surface area contributed by atoms with E-state index in [0.29, 0.717) is 0 Å². The molecule has 0 unspecified atom stereocenters. The Morgan fingerprint density at radius 3 is 2.03 bits per heavy atom. The quantitative estimate of drug-likeness (QED) is 0.280. The molecule has 0 N–H and O–H groups in total. The van der Waals surface area contributed by atoms with Gasteiger partial charge in [-0.1, -0.05) is 84.9 Å². The van der Waals surface area contributed by atoms with Gasteiger partial charge in [-0.25, -0.2) is 0 Å². The Hall–Kier alpha value is -4.30. The second-order valence-corrected chi connectivity index (χ2v) is 8.17. The number of aromatic nitrogens is 1. The smallest absolute Gasteiger partial charge is 0.143 e. The van der Waals surface area contributed by atoms with Crippen LogP contribution >= 0.6 is 0 Å². The van der Waals surface area contributed by atoms with E-state index in [1.807, 2.05) is 12.1 Å². The van der Waals surface area contributed by atoms with Crippen LogP contribution in [0.1, 0.15) is 0 Å². The summed E-state index contributed by atoms with van der Waals surface area (Å²) in [5, 5.41) is 4.81. The summed E-state index contributed by atoms with van der Waals surface area (Å²) in [5.41, 5.74) is 7.75. The fourth-order valence-corrected chi connectivity index (χ4v) is 5.06. The third-order valence-corrected chi connectivity index (χ3v) is 6.41. The second-order valence-electron chi connectivity index (χ2n) is 8.17. The Kier molecular flexibility index (Phi) is 3.58. The summed E-state index contributed by atoms with van der Waals surface area (Å²) in [7, 11) is 0. The average Bonchev–Trinajstić information content (AvgIpc) is 3.40. The lowest BCUT2D eigenvalue weighted by Gasteiger charge is -2.09. The Morgan fingerprint density at radius 1 is 0.469 bits per heavy atom. The SMILES string of the molecule is c1ccc(-n2c3ccccc3c3c(-c4cccc5c4oc4ccccc45)cccc32)cc1. The minimum absolute atomic E-state index is 0.925. The van der Waals surface area contributed by atoms with Gasteiger partial charge in [0, 0.05) is 32.8 Å². The van der Waals surface area contributed by atoms with E-state index < -0.39 is 0 Å². The van der Waals surface area contributed by atoms with E-state index in [9.17, 15) is 0 Å². The van der Waals surface area contributed by atoms with E-state index in [1.54, 1.807) is 0 Å². The maximum absolute atomic E-state index is 6.38. The molecular weight excluding hydrogens is 390 g/mol. The van der Waals surface area contributed by atoms with Crippen LogP contribution < -0.4 is 0 Å². The number of rotatable bonds is 2. The van der Waals surface area contributed by atoms with Gasteiger partial charge in [0.2, 0.25) is 0 Å². The molecule has 0 aliphatic heterocycles. The molecule has 2 heteroatoms. The molecule has 0 spiro atoms. The molecule has 2 heterocycles. The highest BCUT2D eigenvalue weighted by Crippen LogP contribution is 2.42. The van der Waals surface area contributed by atoms with Crippen molar-refractivity contribution in [2.75, 3.05) is 0 Å². The van der Waals surface area contributed by atoms with E-state index in [1.165, 1.54) is 27.4 Å². The van der Waals surface area contributed by atoms with Crippen molar-refractivity contribution in [2.45, 2.75) is 0 Å². The van der Waals surface area contributed by atoms with Crippen LogP contribution in [0.2, 0.25) is 0 Å². The van der Waals surface area contributed by atoms with E-state index >= 15 is 0 Å². The highest BCUT2D eigenvalue weighted by molar-refractivity contribution is 6.19. The van der Waals surface area contributed by atoms with Gasteiger partial charge in [0.15, 0.2) is 0 Å². The Morgan fingerprint density at radius 2 is 1.12 bits per heavy atom. The first kappa shape index (κ1) is 17.4. The lowest BCUT2D eigenvalue weighted by atomic mass is 9.97. The van der Waals surface area contributed by atoms with Crippen LogP contribution in [0.15, 0.2) is 120 Å². The molecular formula is C30H19NO. The van der Waals surface area contributed by atoms with Gasteiger partial charge >= 0.3 is 0 Å². The molecule has 0 bridgehead atoms. The first-order valence-corrected chi connectivity index (χ1v) is 10.9. The van der Waals surface area contributed by atoms with Gasteiger partial charge < -0.3 is 8.98 Å². The van der Waals surface area contributed by atoms with Crippen LogP contribution in [0.5, 0.6) is 0 Å². The van der Waals surface area contributed by atoms with Crippen molar-refractivity contribution in [3.8, 4) is 16.8 Å². The normalized spacial score (nSPS) is 11.8. The van der Waals surface area contributed by atoms with Gasteiger partial charge in [-0.05, 0) is 35.9 Å². The molecule has 150 valence electrons. The van der Waals surface area contributed by atoms with Crippen molar-refractivity contribution in [3.05, 3.63) is 115 Å². The van der Waals surface area contributed by atoms with Crippen LogP contribution in [0, 0.1) is 0 Å². The van der Waals surface area contributed by atoms with Crippen molar-refractivity contribution in [3.63, 3.8) is 0 Å². The molecule has 5 aromatic carbocycles. The standard InChI is InChI=1S/C30H19NO/c1-2-10-20(11-3-1)31-26-17-6-4-13-25(26)29-22(14-9-18-27(29)31)24-16-8-15-23-21-12-5-7-19-28(21)32-30(23)24/h1-19H. The third-order valence-electron chi connectivity index (χ3n) is 6.41. The summed E-state index contributed by atoms with van der Waals surface area (Å²) in [4.78, 5) is 0. The Bertz CT molecular complexity index is 1770. The average molecular weight is 409 g/mol. The number of hydrogen-bond acceptors (Lipinski definition) is 1. The predicted octanol–water partition coefficient (Wildman–Crippen LogP) is 8.35. The highest BCUT2D eigenvalue weighted by atomic mass is 16.3. The molecule has 0 atom stereocenters. The molecule has 32 heavy (non-hydrogen) atoms. The van der Waals surface area contributed by atoms with Gasteiger partial charge in [-0.15, -0.1) is 0 Å². The lowest BCUT2D eigenvalue weighted by Crippen LogP contribution is -1.92. The number of benzene rings is 5. The molecule has 0 fully saturated rings.